The predicted octanol–water partition coefficient (Wildman–Crippen LogP) is 4.16. The number of alkyl halides is 1. The van der Waals surface area contributed by atoms with Crippen molar-refractivity contribution in [2.45, 2.75) is 31.5 Å². The number of ether oxygens (including phenoxy) is 2. The van der Waals surface area contributed by atoms with Crippen LogP contribution in [0.15, 0.2) is 18.2 Å². The van der Waals surface area contributed by atoms with Crippen LogP contribution in [0.1, 0.15) is 31.7 Å². The Morgan fingerprint density at radius 2 is 2.06 bits per heavy atom. The third-order valence-electron chi connectivity index (χ3n) is 2.42. The van der Waals surface area contributed by atoms with Crippen LogP contribution in [0.4, 0.5) is 0 Å². The summed E-state index contributed by atoms with van der Waals surface area (Å²) < 4.78 is 10.9. The molecular formula is C13H19BrO2. The maximum atomic E-state index is 5.74. The second-order valence-corrected chi connectivity index (χ2v) is 4.22. The van der Waals surface area contributed by atoms with Crippen LogP contribution in [0.3, 0.4) is 0 Å². The zero-order valence-corrected chi connectivity index (χ0v) is 11.5. The van der Waals surface area contributed by atoms with Crippen molar-refractivity contribution >= 4 is 15.9 Å². The van der Waals surface area contributed by atoms with Gasteiger partial charge in [-0.1, -0.05) is 35.7 Å². The largest absolute Gasteiger partial charge is 0.497 e. The fourth-order valence-corrected chi connectivity index (χ4v) is 1.90. The highest BCUT2D eigenvalue weighted by atomic mass is 79.9. The summed E-state index contributed by atoms with van der Waals surface area (Å²) in [6.07, 6.45) is 3.56. The van der Waals surface area contributed by atoms with Crippen LogP contribution in [0.2, 0.25) is 0 Å². The molecule has 0 saturated carbocycles. The predicted molar refractivity (Wildman–Crippen MR) is 70.6 cm³/mol. The van der Waals surface area contributed by atoms with E-state index in [1.54, 1.807) is 7.11 Å². The highest BCUT2D eigenvalue weighted by molar-refractivity contribution is 9.08. The maximum Gasteiger partial charge on any atom is 0.123 e. The number of methoxy groups -OCH3 is 1. The number of benzene rings is 1. The summed E-state index contributed by atoms with van der Waals surface area (Å²) in [5.41, 5.74) is 1.14. The lowest BCUT2D eigenvalue weighted by Crippen LogP contribution is -1.99. The van der Waals surface area contributed by atoms with E-state index in [-0.39, 0.29) is 0 Å². The molecule has 0 radical (unpaired) electrons. The van der Waals surface area contributed by atoms with Gasteiger partial charge in [0, 0.05) is 10.9 Å². The summed E-state index contributed by atoms with van der Waals surface area (Å²) in [5, 5.41) is 0.785. The minimum Gasteiger partial charge on any atom is -0.497 e. The minimum atomic E-state index is 0.785. The van der Waals surface area contributed by atoms with E-state index in [4.69, 9.17) is 9.47 Å². The third-order valence-corrected chi connectivity index (χ3v) is 3.02. The highest BCUT2D eigenvalue weighted by Gasteiger charge is 2.04. The highest BCUT2D eigenvalue weighted by Crippen LogP contribution is 2.26. The number of halogens is 1. The summed E-state index contributed by atoms with van der Waals surface area (Å²) >= 11 is 3.46. The zero-order chi connectivity index (χ0) is 11.8. The lowest BCUT2D eigenvalue weighted by Gasteiger charge is -2.11. The first-order valence-electron chi connectivity index (χ1n) is 5.67. The Morgan fingerprint density at radius 3 is 2.69 bits per heavy atom. The molecule has 1 aromatic rings. The lowest BCUT2D eigenvalue weighted by molar-refractivity contribution is 0.303. The lowest BCUT2D eigenvalue weighted by atomic mass is 10.2. The Hall–Kier alpha value is -0.700. The Labute approximate surface area is 106 Å². The molecule has 2 nitrogen and oxygen atoms in total. The molecule has 0 fully saturated rings. The fourth-order valence-electron chi connectivity index (χ4n) is 1.46. The molecule has 0 atom stereocenters. The summed E-state index contributed by atoms with van der Waals surface area (Å²) in [4.78, 5) is 0. The van der Waals surface area contributed by atoms with Crippen LogP contribution in [0.5, 0.6) is 11.5 Å². The molecule has 0 aliphatic carbocycles. The minimum absolute atomic E-state index is 0.785. The van der Waals surface area contributed by atoms with Gasteiger partial charge >= 0.3 is 0 Å². The summed E-state index contributed by atoms with van der Waals surface area (Å²) in [6.45, 7) is 2.98. The van der Waals surface area contributed by atoms with Gasteiger partial charge in [-0.15, -0.1) is 0 Å². The molecule has 0 unspecified atom stereocenters. The van der Waals surface area contributed by atoms with Crippen LogP contribution < -0.4 is 9.47 Å². The van der Waals surface area contributed by atoms with Crippen LogP contribution in [-0.2, 0) is 5.33 Å². The van der Waals surface area contributed by atoms with Gasteiger partial charge in [0.05, 0.1) is 13.7 Å². The van der Waals surface area contributed by atoms with E-state index in [0.29, 0.717) is 0 Å². The molecule has 0 aliphatic rings. The van der Waals surface area contributed by atoms with E-state index in [2.05, 4.69) is 22.9 Å². The Morgan fingerprint density at radius 1 is 1.25 bits per heavy atom. The maximum absolute atomic E-state index is 5.74. The van der Waals surface area contributed by atoms with Crippen molar-refractivity contribution in [3.8, 4) is 11.5 Å². The van der Waals surface area contributed by atoms with E-state index in [9.17, 15) is 0 Å². The van der Waals surface area contributed by atoms with E-state index in [0.717, 1.165) is 35.4 Å². The average molecular weight is 287 g/mol. The monoisotopic (exact) mass is 286 g/mol. The molecule has 16 heavy (non-hydrogen) atoms. The molecule has 0 saturated heterocycles. The molecule has 1 aromatic carbocycles. The number of hydrogen-bond donors (Lipinski definition) is 0. The van der Waals surface area contributed by atoms with Gasteiger partial charge in [0.2, 0.25) is 0 Å². The molecule has 0 N–H and O–H groups in total. The summed E-state index contributed by atoms with van der Waals surface area (Å²) in [5.74, 6) is 1.82. The topological polar surface area (TPSA) is 18.5 Å². The summed E-state index contributed by atoms with van der Waals surface area (Å²) in [7, 11) is 1.68. The van der Waals surface area contributed by atoms with E-state index in [1.807, 2.05) is 18.2 Å². The van der Waals surface area contributed by atoms with Crippen molar-refractivity contribution in [3.63, 3.8) is 0 Å². The van der Waals surface area contributed by atoms with Gasteiger partial charge in [0.15, 0.2) is 0 Å². The molecule has 3 heteroatoms. The smallest absolute Gasteiger partial charge is 0.123 e. The van der Waals surface area contributed by atoms with Crippen molar-refractivity contribution in [3.05, 3.63) is 23.8 Å². The molecule has 0 heterocycles. The van der Waals surface area contributed by atoms with E-state index >= 15 is 0 Å². The van der Waals surface area contributed by atoms with Crippen LogP contribution in [0.25, 0.3) is 0 Å². The first-order chi connectivity index (χ1) is 7.81. The first-order valence-corrected chi connectivity index (χ1v) is 6.79. The van der Waals surface area contributed by atoms with E-state index in [1.165, 1.54) is 12.8 Å². The average Bonchev–Trinajstić information content (AvgIpc) is 2.34. The second-order valence-electron chi connectivity index (χ2n) is 3.66. The molecule has 0 amide bonds. The molecule has 1 rings (SSSR count). The quantitative estimate of drug-likeness (QED) is 0.554. The van der Waals surface area contributed by atoms with Gasteiger partial charge in [0.25, 0.3) is 0 Å². The van der Waals surface area contributed by atoms with Gasteiger partial charge in [-0.3, -0.25) is 0 Å². The number of rotatable bonds is 7. The Kier molecular flexibility index (Phi) is 6.31. The van der Waals surface area contributed by atoms with Gasteiger partial charge in [0.1, 0.15) is 11.5 Å². The Balaban J connectivity index is 2.57. The van der Waals surface area contributed by atoms with Gasteiger partial charge in [-0.25, -0.2) is 0 Å². The van der Waals surface area contributed by atoms with Crippen LogP contribution in [-0.4, -0.2) is 13.7 Å². The first kappa shape index (κ1) is 13.4. The van der Waals surface area contributed by atoms with Gasteiger partial charge in [-0.2, -0.15) is 0 Å². The molecule has 0 aromatic heterocycles. The molecule has 90 valence electrons. The summed E-state index contributed by atoms with van der Waals surface area (Å²) in [6, 6.07) is 5.91. The van der Waals surface area contributed by atoms with Gasteiger partial charge in [-0.05, 0) is 24.6 Å². The third kappa shape index (κ3) is 4.05. The molecule has 0 spiro atoms. The van der Waals surface area contributed by atoms with Crippen molar-refractivity contribution in [2.24, 2.45) is 0 Å². The SMILES string of the molecule is CCCCCOc1ccc(OC)cc1CBr. The molecular weight excluding hydrogens is 268 g/mol. The van der Waals surface area contributed by atoms with Crippen molar-refractivity contribution in [1.29, 1.82) is 0 Å². The van der Waals surface area contributed by atoms with Gasteiger partial charge < -0.3 is 9.47 Å². The number of unbranched alkanes of at least 4 members (excludes halogenated alkanes) is 2. The number of hydrogen-bond acceptors (Lipinski definition) is 2. The Bertz CT molecular complexity index is 313. The van der Waals surface area contributed by atoms with Crippen molar-refractivity contribution in [1.82, 2.24) is 0 Å². The zero-order valence-electron chi connectivity index (χ0n) is 9.96. The van der Waals surface area contributed by atoms with Crippen molar-refractivity contribution < 1.29 is 9.47 Å². The van der Waals surface area contributed by atoms with Crippen molar-refractivity contribution in [2.75, 3.05) is 13.7 Å². The van der Waals surface area contributed by atoms with Crippen LogP contribution in [0, 0.1) is 0 Å². The normalized spacial score (nSPS) is 10.2. The molecule has 0 bridgehead atoms. The van der Waals surface area contributed by atoms with Crippen LogP contribution >= 0.6 is 15.9 Å². The van der Waals surface area contributed by atoms with E-state index < -0.39 is 0 Å². The second kappa shape index (κ2) is 7.55. The molecule has 0 aliphatic heterocycles. The fraction of sp³-hybridized carbons (Fsp3) is 0.538. The standard InChI is InChI=1S/C13H19BrO2/c1-3-4-5-8-16-13-7-6-12(15-2)9-11(13)10-14/h6-7,9H,3-5,8,10H2,1-2H3.